The molecule has 3 rings (SSSR count). The van der Waals surface area contributed by atoms with E-state index in [-0.39, 0.29) is 11.9 Å². The van der Waals surface area contributed by atoms with Gasteiger partial charge in [-0.1, -0.05) is 24.8 Å². The van der Waals surface area contributed by atoms with Crippen molar-refractivity contribution in [3.05, 3.63) is 58.6 Å². The first kappa shape index (κ1) is 14.4. The zero-order valence-corrected chi connectivity index (χ0v) is 13.2. The van der Waals surface area contributed by atoms with E-state index in [9.17, 15) is 4.79 Å². The van der Waals surface area contributed by atoms with Gasteiger partial charge in [0.25, 0.3) is 5.91 Å². The van der Waals surface area contributed by atoms with Crippen molar-refractivity contribution in [3.8, 4) is 0 Å². The predicted octanol–water partition coefficient (Wildman–Crippen LogP) is 3.72. The first-order valence-electron chi connectivity index (χ1n) is 6.80. The average molecular weight is 316 g/mol. The largest absolute Gasteiger partial charge is 0.328 e. The van der Waals surface area contributed by atoms with Crippen molar-refractivity contribution in [3.63, 3.8) is 0 Å². The number of thioether (sulfide) groups is 1. The fourth-order valence-corrected chi connectivity index (χ4v) is 4.29. The molecule has 1 fully saturated rings. The standard InChI is InChI=1S/C16H16N2OS2/c1-2-12-3-5-13(6-4-12)16(19)18-8-10-20-11-14(18)15-17-7-9-21-15/h2-7,9,14H,1,8,10-11H2/t14-/m0/s1. The Morgan fingerprint density at radius 1 is 1.38 bits per heavy atom. The molecule has 2 heterocycles. The van der Waals surface area contributed by atoms with E-state index in [4.69, 9.17) is 0 Å². The van der Waals surface area contributed by atoms with Gasteiger partial charge in [0, 0.05) is 35.2 Å². The van der Waals surface area contributed by atoms with Crippen LogP contribution < -0.4 is 0 Å². The molecule has 1 aromatic heterocycles. The molecule has 0 radical (unpaired) electrons. The minimum absolute atomic E-state index is 0.0890. The Bertz CT molecular complexity index is 622. The van der Waals surface area contributed by atoms with E-state index in [0.29, 0.717) is 0 Å². The molecule has 108 valence electrons. The van der Waals surface area contributed by atoms with Crippen LogP contribution in [0.25, 0.3) is 6.08 Å². The summed E-state index contributed by atoms with van der Waals surface area (Å²) in [5.74, 6) is 1.99. The Hall–Kier alpha value is -1.59. The van der Waals surface area contributed by atoms with E-state index in [1.807, 2.05) is 46.3 Å². The van der Waals surface area contributed by atoms with Crippen LogP contribution in [0.3, 0.4) is 0 Å². The summed E-state index contributed by atoms with van der Waals surface area (Å²) in [4.78, 5) is 19.1. The van der Waals surface area contributed by atoms with Crippen LogP contribution in [0.2, 0.25) is 0 Å². The summed E-state index contributed by atoms with van der Waals surface area (Å²) in [5.41, 5.74) is 1.76. The molecule has 2 aromatic rings. The Kier molecular flexibility index (Phi) is 4.41. The number of benzene rings is 1. The smallest absolute Gasteiger partial charge is 0.254 e. The van der Waals surface area contributed by atoms with E-state index < -0.39 is 0 Å². The molecule has 0 spiro atoms. The Balaban J connectivity index is 1.85. The van der Waals surface area contributed by atoms with Gasteiger partial charge in [0.1, 0.15) is 5.01 Å². The van der Waals surface area contributed by atoms with Gasteiger partial charge in [-0.15, -0.1) is 11.3 Å². The van der Waals surface area contributed by atoms with Gasteiger partial charge in [0.05, 0.1) is 6.04 Å². The van der Waals surface area contributed by atoms with E-state index in [0.717, 1.165) is 34.2 Å². The molecule has 1 aliphatic heterocycles. The third-order valence-electron chi connectivity index (χ3n) is 3.52. The molecule has 1 saturated heterocycles. The Morgan fingerprint density at radius 2 is 2.19 bits per heavy atom. The quantitative estimate of drug-likeness (QED) is 0.865. The van der Waals surface area contributed by atoms with Crippen molar-refractivity contribution in [1.29, 1.82) is 0 Å². The molecule has 0 unspecified atom stereocenters. The highest BCUT2D eigenvalue weighted by atomic mass is 32.2. The maximum atomic E-state index is 12.8. The van der Waals surface area contributed by atoms with Gasteiger partial charge >= 0.3 is 0 Å². The molecule has 0 bridgehead atoms. The molecule has 1 amide bonds. The zero-order chi connectivity index (χ0) is 14.7. The molecule has 1 aliphatic rings. The number of carbonyl (C=O) groups is 1. The second-order valence-corrected chi connectivity index (χ2v) is 6.86. The van der Waals surface area contributed by atoms with Crippen molar-refractivity contribution in [1.82, 2.24) is 9.88 Å². The lowest BCUT2D eigenvalue weighted by Crippen LogP contribution is -2.40. The highest BCUT2D eigenvalue weighted by Crippen LogP contribution is 2.31. The number of amides is 1. The van der Waals surface area contributed by atoms with E-state index in [1.54, 1.807) is 23.6 Å². The minimum atomic E-state index is 0.0890. The topological polar surface area (TPSA) is 33.2 Å². The van der Waals surface area contributed by atoms with Crippen molar-refractivity contribution in [2.75, 3.05) is 18.1 Å². The average Bonchev–Trinajstić information content (AvgIpc) is 3.08. The second kappa shape index (κ2) is 6.45. The van der Waals surface area contributed by atoms with Crippen LogP contribution in [0.5, 0.6) is 0 Å². The minimum Gasteiger partial charge on any atom is -0.328 e. The van der Waals surface area contributed by atoms with E-state index in [1.165, 1.54) is 0 Å². The molecule has 3 nitrogen and oxygen atoms in total. The number of rotatable bonds is 3. The first-order chi connectivity index (χ1) is 10.3. The molecule has 0 aliphatic carbocycles. The molecule has 21 heavy (non-hydrogen) atoms. The van der Waals surface area contributed by atoms with Crippen molar-refractivity contribution < 1.29 is 4.79 Å². The van der Waals surface area contributed by atoms with E-state index >= 15 is 0 Å². The normalized spacial score (nSPS) is 18.5. The lowest BCUT2D eigenvalue weighted by atomic mass is 10.1. The summed E-state index contributed by atoms with van der Waals surface area (Å²) in [6.45, 7) is 4.51. The van der Waals surface area contributed by atoms with Crippen molar-refractivity contribution >= 4 is 35.1 Å². The van der Waals surface area contributed by atoms with Gasteiger partial charge < -0.3 is 4.90 Å². The van der Waals surface area contributed by atoms with Gasteiger partial charge in [-0.05, 0) is 17.7 Å². The lowest BCUT2D eigenvalue weighted by Gasteiger charge is -2.34. The van der Waals surface area contributed by atoms with Gasteiger partial charge in [-0.3, -0.25) is 4.79 Å². The second-order valence-electron chi connectivity index (χ2n) is 4.79. The lowest BCUT2D eigenvalue weighted by molar-refractivity contribution is 0.0701. The fraction of sp³-hybridized carbons (Fsp3) is 0.250. The Labute approximate surface area is 132 Å². The van der Waals surface area contributed by atoms with E-state index in [2.05, 4.69) is 11.6 Å². The maximum absolute atomic E-state index is 12.8. The third-order valence-corrected chi connectivity index (χ3v) is 5.42. The molecule has 1 aromatic carbocycles. The number of nitrogens with zero attached hydrogens (tertiary/aromatic N) is 2. The zero-order valence-electron chi connectivity index (χ0n) is 11.6. The SMILES string of the molecule is C=Cc1ccc(C(=O)N2CCSC[C@H]2c2nccs2)cc1. The summed E-state index contributed by atoms with van der Waals surface area (Å²) in [6, 6.07) is 7.70. The van der Waals surface area contributed by atoms with Crippen molar-refractivity contribution in [2.24, 2.45) is 0 Å². The molecular weight excluding hydrogens is 300 g/mol. The molecule has 0 saturated carbocycles. The summed E-state index contributed by atoms with van der Waals surface area (Å²) >= 11 is 3.50. The summed E-state index contributed by atoms with van der Waals surface area (Å²) < 4.78 is 0. The summed E-state index contributed by atoms with van der Waals surface area (Å²) in [7, 11) is 0. The van der Waals surface area contributed by atoms with Crippen molar-refractivity contribution in [2.45, 2.75) is 6.04 Å². The van der Waals surface area contributed by atoms with Gasteiger partial charge in [0.2, 0.25) is 0 Å². The third kappa shape index (κ3) is 3.04. The highest BCUT2D eigenvalue weighted by Gasteiger charge is 2.30. The Morgan fingerprint density at radius 3 is 2.86 bits per heavy atom. The van der Waals surface area contributed by atoms with Crippen LogP contribution in [0.4, 0.5) is 0 Å². The summed E-state index contributed by atoms with van der Waals surface area (Å²) in [6.07, 6.45) is 3.59. The highest BCUT2D eigenvalue weighted by molar-refractivity contribution is 7.99. The molecule has 1 atom stereocenters. The number of hydrogen-bond acceptors (Lipinski definition) is 4. The fourth-order valence-electron chi connectivity index (χ4n) is 2.38. The van der Waals surface area contributed by atoms with Crippen LogP contribution >= 0.6 is 23.1 Å². The van der Waals surface area contributed by atoms with Crippen LogP contribution in [0.15, 0.2) is 42.4 Å². The van der Waals surface area contributed by atoms with Gasteiger partial charge in [0.15, 0.2) is 0 Å². The number of thiazole rings is 1. The molecule has 5 heteroatoms. The monoisotopic (exact) mass is 316 g/mol. The van der Waals surface area contributed by atoms with Crippen LogP contribution in [-0.2, 0) is 0 Å². The van der Waals surface area contributed by atoms with Crippen LogP contribution in [0, 0.1) is 0 Å². The number of carbonyl (C=O) groups excluding carboxylic acids is 1. The van der Waals surface area contributed by atoms with Crippen LogP contribution in [-0.4, -0.2) is 33.8 Å². The first-order valence-corrected chi connectivity index (χ1v) is 8.83. The maximum Gasteiger partial charge on any atom is 0.254 e. The van der Waals surface area contributed by atoms with Gasteiger partial charge in [-0.2, -0.15) is 11.8 Å². The van der Waals surface area contributed by atoms with Gasteiger partial charge in [-0.25, -0.2) is 4.98 Å². The molecule has 0 N–H and O–H groups in total. The van der Waals surface area contributed by atoms with Crippen LogP contribution in [0.1, 0.15) is 27.0 Å². The molecular formula is C16H16N2OS2. The number of hydrogen-bond donors (Lipinski definition) is 0. The summed E-state index contributed by atoms with van der Waals surface area (Å²) in [5, 5.41) is 2.99. The predicted molar refractivity (Wildman–Crippen MR) is 89.7 cm³/mol. The number of aromatic nitrogens is 1.